The van der Waals surface area contributed by atoms with Crippen LogP contribution in [-0.4, -0.2) is 39.0 Å². The van der Waals surface area contributed by atoms with Crippen LogP contribution in [0.3, 0.4) is 0 Å². The lowest BCUT2D eigenvalue weighted by molar-refractivity contribution is -0.150. The molecule has 5 nitrogen and oxygen atoms in total. The molecule has 0 radical (unpaired) electrons. The van der Waals surface area contributed by atoms with E-state index in [1.165, 1.54) is 0 Å². The van der Waals surface area contributed by atoms with Crippen molar-refractivity contribution in [3.8, 4) is 0 Å². The summed E-state index contributed by atoms with van der Waals surface area (Å²) in [4.78, 5) is 21.8. The van der Waals surface area contributed by atoms with Crippen molar-refractivity contribution in [2.24, 2.45) is 5.41 Å². The second kappa shape index (κ2) is 5.02. The zero-order valence-corrected chi connectivity index (χ0v) is 10.9. The van der Waals surface area contributed by atoms with E-state index in [4.69, 9.17) is 0 Å². The molecule has 2 rings (SSSR count). The van der Waals surface area contributed by atoms with Crippen molar-refractivity contribution in [1.29, 1.82) is 0 Å². The van der Waals surface area contributed by atoms with Crippen molar-refractivity contribution >= 4 is 5.97 Å². The minimum Gasteiger partial charge on any atom is -0.481 e. The molecular weight excluding hydrogens is 230 g/mol. The molecule has 1 saturated heterocycles. The average molecular weight is 249 g/mol. The maximum atomic E-state index is 11.1. The Morgan fingerprint density at radius 2 is 2.17 bits per heavy atom. The number of rotatable bonds is 3. The highest BCUT2D eigenvalue weighted by atomic mass is 16.4. The highest BCUT2D eigenvalue weighted by molar-refractivity contribution is 5.74. The maximum Gasteiger partial charge on any atom is 0.309 e. The van der Waals surface area contributed by atoms with E-state index < -0.39 is 11.4 Å². The quantitative estimate of drug-likeness (QED) is 0.878. The van der Waals surface area contributed by atoms with Crippen molar-refractivity contribution in [1.82, 2.24) is 14.9 Å². The number of likely N-dealkylation sites (tertiary alicyclic amines) is 1. The Kier molecular flexibility index (Phi) is 3.61. The molecule has 0 aromatic carbocycles. The van der Waals surface area contributed by atoms with Gasteiger partial charge in [-0.25, -0.2) is 9.97 Å². The first-order valence-corrected chi connectivity index (χ1v) is 6.24. The van der Waals surface area contributed by atoms with E-state index in [9.17, 15) is 9.90 Å². The largest absolute Gasteiger partial charge is 0.481 e. The first kappa shape index (κ1) is 13.0. The van der Waals surface area contributed by atoms with E-state index in [0.717, 1.165) is 31.2 Å². The minimum atomic E-state index is -0.681. The molecular formula is C13H19N3O2. The van der Waals surface area contributed by atoms with E-state index in [-0.39, 0.29) is 0 Å². The number of hydrogen-bond donors (Lipinski definition) is 1. The number of aliphatic carboxylic acids is 1. The molecule has 1 aliphatic rings. The lowest BCUT2D eigenvalue weighted by Gasteiger charge is -2.36. The molecule has 1 aliphatic heterocycles. The van der Waals surface area contributed by atoms with Gasteiger partial charge in [0, 0.05) is 12.7 Å². The van der Waals surface area contributed by atoms with Gasteiger partial charge >= 0.3 is 5.97 Å². The summed E-state index contributed by atoms with van der Waals surface area (Å²) in [6.07, 6.45) is 3.17. The van der Waals surface area contributed by atoms with Crippen LogP contribution in [0.4, 0.5) is 0 Å². The normalized spacial score (nSPS) is 19.7. The molecule has 1 N–H and O–H groups in total. The van der Waals surface area contributed by atoms with Crippen LogP contribution in [0.1, 0.15) is 31.3 Å². The topological polar surface area (TPSA) is 66.3 Å². The number of carbonyl (C=O) groups is 1. The van der Waals surface area contributed by atoms with Gasteiger partial charge in [0.1, 0.15) is 5.82 Å². The lowest BCUT2D eigenvalue weighted by atomic mass is 9.80. The fourth-order valence-corrected chi connectivity index (χ4v) is 2.24. The van der Waals surface area contributed by atoms with E-state index >= 15 is 0 Å². The van der Waals surface area contributed by atoms with Crippen LogP contribution in [0.2, 0.25) is 0 Å². The molecule has 0 unspecified atom stereocenters. The van der Waals surface area contributed by atoms with Crippen LogP contribution in [-0.2, 0) is 11.3 Å². The molecule has 0 saturated carbocycles. The molecule has 98 valence electrons. The predicted octanol–water partition coefficient (Wildman–Crippen LogP) is 1.47. The van der Waals surface area contributed by atoms with E-state index in [2.05, 4.69) is 14.9 Å². The summed E-state index contributed by atoms with van der Waals surface area (Å²) < 4.78 is 0. The molecule has 0 atom stereocenters. The monoisotopic (exact) mass is 249 g/mol. The molecule has 1 fully saturated rings. The number of carboxylic acids is 1. The number of carboxylic acid groups (broad SMARTS) is 1. The number of hydrogen-bond acceptors (Lipinski definition) is 4. The summed E-state index contributed by atoms with van der Waals surface area (Å²) >= 11 is 0. The standard InChI is InChI=1S/C13H19N3O2/c1-10-14-6-3-11(15-10)9-16-7-4-13(2,5-8-16)12(17)18/h3,6H,4-5,7-9H2,1-2H3,(H,17,18). The smallest absolute Gasteiger partial charge is 0.309 e. The van der Waals surface area contributed by atoms with Gasteiger partial charge in [0.2, 0.25) is 0 Å². The number of aryl methyl sites for hydroxylation is 1. The summed E-state index contributed by atoms with van der Waals surface area (Å²) in [5.41, 5.74) is 0.444. The van der Waals surface area contributed by atoms with Crippen molar-refractivity contribution < 1.29 is 9.90 Å². The summed E-state index contributed by atoms with van der Waals surface area (Å²) in [7, 11) is 0. The van der Waals surface area contributed by atoms with Crippen molar-refractivity contribution in [2.75, 3.05) is 13.1 Å². The predicted molar refractivity (Wildman–Crippen MR) is 67.0 cm³/mol. The van der Waals surface area contributed by atoms with Crippen molar-refractivity contribution in [2.45, 2.75) is 33.2 Å². The molecule has 0 bridgehead atoms. The van der Waals surface area contributed by atoms with Crippen LogP contribution in [0.15, 0.2) is 12.3 Å². The summed E-state index contributed by atoms with van der Waals surface area (Å²) in [6, 6.07) is 1.91. The SMILES string of the molecule is Cc1nccc(CN2CCC(C)(C(=O)O)CC2)n1. The first-order valence-electron chi connectivity index (χ1n) is 6.24. The van der Waals surface area contributed by atoms with Gasteiger partial charge < -0.3 is 5.11 Å². The van der Waals surface area contributed by atoms with Gasteiger partial charge in [-0.3, -0.25) is 9.69 Å². The maximum absolute atomic E-state index is 11.1. The number of nitrogens with zero attached hydrogens (tertiary/aromatic N) is 3. The molecule has 0 amide bonds. The molecule has 1 aromatic rings. The van der Waals surface area contributed by atoms with Gasteiger partial charge in [-0.2, -0.15) is 0 Å². The Morgan fingerprint density at radius 1 is 1.50 bits per heavy atom. The van der Waals surface area contributed by atoms with Crippen LogP contribution in [0, 0.1) is 12.3 Å². The molecule has 18 heavy (non-hydrogen) atoms. The van der Waals surface area contributed by atoms with Crippen LogP contribution in [0.25, 0.3) is 0 Å². The third-order valence-electron chi connectivity index (χ3n) is 3.70. The minimum absolute atomic E-state index is 0.557. The molecule has 5 heteroatoms. The van der Waals surface area contributed by atoms with Crippen molar-refractivity contribution in [3.05, 3.63) is 23.8 Å². The third kappa shape index (κ3) is 2.85. The lowest BCUT2D eigenvalue weighted by Crippen LogP contribution is -2.42. The Bertz CT molecular complexity index is 440. The van der Waals surface area contributed by atoms with Gasteiger partial charge in [0.15, 0.2) is 0 Å². The Balaban J connectivity index is 1.93. The highest BCUT2D eigenvalue weighted by Crippen LogP contribution is 2.31. The highest BCUT2D eigenvalue weighted by Gasteiger charge is 2.36. The van der Waals surface area contributed by atoms with Gasteiger partial charge in [-0.15, -0.1) is 0 Å². The fourth-order valence-electron chi connectivity index (χ4n) is 2.24. The first-order chi connectivity index (χ1) is 8.49. The fraction of sp³-hybridized carbons (Fsp3) is 0.615. The van der Waals surface area contributed by atoms with Crippen molar-refractivity contribution in [3.63, 3.8) is 0 Å². The molecule has 0 spiro atoms. The van der Waals surface area contributed by atoms with Crippen LogP contribution in [0.5, 0.6) is 0 Å². The Labute approximate surface area is 107 Å². The molecule has 1 aromatic heterocycles. The summed E-state index contributed by atoms with van der Waals surface area (Å²) in [6.45, 7) is 6.11. The second-order valence-corrected chi connectivity index (χ2v) is 5.24. The second-order valence-electron chi connectivity index (χ2n) is 5.24. The number of aromatic nitrogens is 2. The van der Waals surface area contributed by atoms with E-state index in [0.29, 0.717) is 12.8 Å². The third-order valence-corrected chi connectivity index (χ3v) is 3.70. The average Bonchev–Trinajstić information content (AvgIpc) is 2.32. The van der Waals surface area contributed by atoms with Gasteiger partial charge in [0.25, 0.3) is 0 Å². The van der Waals surface area contributed by atoms with Gasteiger partial charge in [-0.05, 0) is 45.8 Å². The van der Waals surface area contributed by atoms with Gasteiger partial charge in [-0.1, -0.05) is 0 Å². The summed E-state index contributed by atoms with van der Waals surface area (Å²) in [5, 5.41) is 9.17. The molecule has 2 heterocycles. The Morgan fingerprint density at radius 3 is 2.72 bits per heavy atom. The zero-order chi connectivity index (χ0) is 13.2. The van der Waals surface area contributed by atoms with E-state index in [1.807, 2.05) is 19.9 Å². The summed E-state index contributed by atoms with van der Waals surface area (Å²) in [5.74, 6) is 0.0971. The van der Waals surface area contributed by atoms with Gasteiger partial charge in [0.05, 0.1) is 11.1 Å². The van der Waals surface area contributed by atoms with E-state index in [1.54, 1.807) is 6.20 Å². The van der Waals surface area contributed by atoms with Crippen LogP contribution < -0.4 is 0 Å². The molecule has 0 aliphatic carbocycles. The zero-order valence-electron chi connectivity index (χ0n) is 10.9. The van der Waals surface area contributed by atoms with Crippen LogP contribution >= 0.6 is 0 Å². The Hall–Kier alpha value is -1.49. The number of piperidine rings is 1.